The molecule has 3 heterocycles. The molecule has 0 saturated heterocycles. The highest BCUT2D eigenvalue weighted by molar-refractivity contribution is 7.15. The summed E-state index contributed by atoms with van der Waals surface area (Å²) in [5, 5.41) is 11.3. The van der Waals surface area contributed by atoms with Gasteiger partial charge in [-0.1, -0.05) is 18.3 Å². The molecule has 1 N–H and O–H groups in total. The highest BCUT2D eigenvalue weighted by Gasteiger charge is 2.21. The van der Waals surface area contributed by atoms with Gasteiger partial charge in [0.15, 0.2) is 0 Å². The third-order valence-electron chi connectivity index (χ3n) is 4.05. The Bertz CT molecular complexity index is 1220. The zero-order chi connectivity index (χ0) is 19.2. The number of hydrogen-bond acceptors (Lipinski definition) is 7. The third-order valence-corrected chi connectivity index (χ3v) is 5.04. The van der Waals surface area contributed by atoms with E-state index >= 15 is 0 Å². The van der Waals surface area contributed by atoms with E-state index in [1.807, 2.05) is 6.92 Å². The monoisotopic (exact) mass is 376 g/mol. The predicted molar refractivity (Wildman–Crippen MR) is 96.9 cm³/mol. The SMILES string of the molecule is CCc1nnc(NC(=O)c2cc(=O)n(C)c3c2c(=O)n(C)c(=O)n3C)s1. The van der Waals surface area contributed by atoms with Crippen LogP contribution in [0, 0.1) is 0 Å². The minimum atomic E-state index is -0.665. The zero-order valence-corrected chi connectivity index (χ0v) is 15.4. The molecule has 0 aliphatic rings. The number of nitrogens with zero attached hydrogens (tertiary/aromatic N) is 5. The number of carbonyl (C=O) groups excluding carboxylic acids is 1. The van der Waals surface area contributed by atoms with E-state index in [9.17, 15) is 19.2 Å². The highest BCUT2D eigenvalue weighted by atomic mass is 32.1. The lowest BCUT2D eigenvalue weighted by Crippen LogP contribution is -2.40. The lowest BCUT2D eigenvalue weighted by Gasteiger charge is -2.13. The Morgan fingerprint density at radius 2 is 1.81 bits per heavy atom. The molecular weight excluding hydrogens is 360 g/mol. The summed E-state index contributed by atoms with van der Waals surface area (Å²) in [4.78, 5) is 49.7. The van der Waals surface area contributed by atoms with Crippen molar-refractivity contribution < 1.29 is 4.79 Å². The quantitative estimate of drug-likeness (QED) is 0.664. The molecule has 0 fully saturated rings. The van der Waals surface area contributed by atoms with Crippen LogP contribution in [-0.2, 0) is 27.6 Å². The van der Waals surface area contributed by atoms with Crippen LogP contribution in [0.5, 0.6) is 0 Å². The Morgan fingerprint density at radius 1 is 1.12 bits per heavy atom. The van der Waals surface area contributed by atoms with Crippen molar-refractivity contribution >= 4 is 33.4 Å². The second-order valence-corrected chi connectivity index (χ2v) is 6.73. The van der Waals surface area contributed by atoms with Crippen molar-refractivity contribution in [3.05, 3.63) is 47.8 Å². The smallest absolute Gasteiger partial charge is 0.297 e. The van der Waals surface area contributed by atoms with Crippen LogP contribution < -0.4 is 22.1 Å². The van der Waals surface area contributed by atoms with Crippen molar-refractivity contribution in [1.29, 1.82) is 0 Å². The van der Waals surface area contributed by atoms with Gasteiger partial charge in [0.1, 0.15) is 10.7 Å². The minimum Gasteiger partial charge on any atom is -0.297 e. The molecular formula is C15H16N6O4S. The van der Waals surface area contributed by atoms with Gasteiger partial charge >= 0.3 is 5.69 Å². The van der Waals surface area contributed by atoms with Crippen LogP contribution in [0.25, 0.3) is 11.0 Å². The predicted octanol–water partition coefficient (Wildman–Crippen LogP) is -0.398. The number of aromatic nitrogens is 5. The van der Waals surface area contributed by atoms with E-state index in [2.05, 4.69) is 15.5 Å². The molecule has 136 valence electrons. The van der Waals surface area contributed by atoms with Crippen molar-refractivity contribution in [3.63, 3.8) is 0 Å². The Kier molecular flexibility index (Phi) is 4.32. The van der Waals surface area contributed by atoms with E-state index in [4.69, 9.17) is 0 Å². The van der Waals surface area contributed by atoms with Gasteiger partial charge in [-0.15, -0.1) is 10.2 Å². The average Bonchev–Trinajstić information content (AvgIpc) is 3.07. The summed E-state index contributed by atoms with van der Waals surface area (Å²) in [6.45, 7) is 1.91. The summed E-state index contributed by atoms with van der Waals surface area (Å²) in [5.74, 6) is -0.665. The van der Waals surface area contributed by atoms with Gasteiger partial charge in [0, 0.05) is 27.2 Å². The molecule has 0 saturated carbocycles. The normalized spacial score (nSPS) is 11.1. The summed E-state index contributed by atoms with van der Waals surface area (Å²) in [6, 6.07) is 1.07. The maximum Gasteiger partial charge on any atom is 0.332 e. The number of hydrogen-bond donors (Lipinski definition) is 1. The first-order valence-corrected chi connectivity index (χ1v) is 8.51. The number of anilines is 1. The topological polar surface area (TPSA) is 121 Å². The van der Waals surface area contributed by atoms with Gasteiger partial charge in [-0.3, -0.25) is 33.4 Å². The Morgan fingerprint density at radius 3 is 2.42 bits per heavy atom. The first-order valence-electron chi connectivity index (χ1n) is 7.69. The molecule has 3 aromatic rings. The average molecular weight is 376 g/mol. The number of fused-ring (bicyclic) bond motifs is 1. The molecule has 3 aromatic heterocycles. The second-order valence-electron chi connectivity index (χ2n) is 5.67. The first kappa shape index (κ1) is 17.7. The van der Waals surface area contributed by atoms with Gasteiger partial charge in [0.25, 0.3) is 17.0 Å². The van der Waals surface area contributed by atoms with Crippen LogP contribution in [0.1, 0.15) is 22.3 Å². The lowest BCUT2D eigenvalue weighted by molar-refractivity contribution is 0.102. The molecule has 10 nitrogen and oxygen atoms in total. The molecule has 1 amide bonds. The Labute approximate surface area is 150 Å². The highest BCUT2D eigenvalue weighted by Crippen LogP contribution is 2.18. The molecule has 0 radical (unpaired) electrons. The van der Waals surface area contributed by atoms with Crippen LogP contribution in [0.15, 0.2) is 20.4 Å². The van der Waals surface area contributed by atoms with Gasteiger partial charge in [0.05, 0.1) is 10.9 Å². The van der Waals surface area contributed by atoms with Crippen molar-refractivity contribution in [2.45, 2.75) is 13.3 Å². The summed E-state index contributed by atoms with van der Waals surface area (Å²) < 4.78 is 3.22. The third kappa shape index (κ3) is 2.65. The van der Waals surface area contributed by atoms with E-state index in [0.717, 1.165) is 24.8 Å². The van der Waals surface area contributed by atoms with Gasteiger partial charge in [-0.25, -0.2) is 4.79 Å². The van der Waals surface area contributed by atoms with Crippen LogP contribution in [0.3, 0.4) is 0 Å². The molecule has 0 atom stereocenters. The summed E-state index contributed by atoms with van der Waals surface area (Å²) in [7, 11) is 4.18. The van der Waals surface area contributed by atoms with Crippen molar-refractivity contribution in [2.75, 3.05) is 5.32 Å². The molecule has 0 spiro atoms. The van der Waals surface area contributed by atoms with E-state index in [-0.39, 0.29) is 21.7 Å². The fraction of sp³-hybridized carbons (Fsp3) is 0.333. The number of aryl methyl sites for hydroxylation is 3. The molecule has 0 bridgehead atoms. The van der Waals surface area contributed by atoms with E-state index < -0.39 is 22.7 Å². The first-order chi connectivity index (χ1) is 12.3. The molecule has 26 heavy (non-hydrogen) atoms. The van der Waals surface area contributed by atoms with Gasteiger partial charge in [-0.05, 0) is 6.42 Å². The van der Waals surface area contributed by atoms with Crippen molar-refractivity contribution in [1.82, 2.24) is 23.9 Å². The standard InChI is InChI=1S/C15H16N6O4S/c1-5-8-17-18-14(26-8)16-11(23)7-6-9(22)19(2)12-10(7)13(24)21(4)15(25)20(12)3/h6H,5H2,1-4H3,(H,16,18,23). The molecule has 0 aliphatic heterocycles. The number of nitrogens with one attached hydrogen (secondary N) is 1. The van der Waals surface area contributed by atoms with Crippen LogP contribution in [0.4, 0.5) is 5.13 Å². The Balaban J connectivity index is 2.27. The van der Waals surface area contributed by atoms with Crippen LogP contribution >= 0.6 is 11.3 Å². The van der Waals surface area contributed by atoms with E-state index in [0.29, 0.717) is 6.42 Å². The van der Waals surface area contributed by atoms with Crippen molar-refractivity contribution in [3.8, 4) is 0 Å². The number of rotatable bonds is 3. The molecule has 0 aliphatic carbocycles. The number of pyridine rings is 1. The summed E-state index contributed by atoms with van der Waals surface area (Å²) in [5.41, 5.74) is -1.81. The fourth-order valence-corrected chi connectivity index (χ4v) is 3.32. The molecule has 0 unspecified atom stereocenters. The van der Waals surface area contributed by atoms with Gasteiger partial charge < -0.3 is 0 Å². The maximum absolute atomic E-state index is 12.7. The summed E-state index contributed by atoms with van der Waals surface area (Å²) >= 11 is 1.21. The van der Waals surface area contributed by atoms with E-state index in [1.165, 1.54) is 32.5 Å². The molecule has 11 heteroatoms. The fourth-order valence-electron chi connectivity index (χ4n) is 2.65. The largest absolute Gasteiger partial charge is 0.332 e. The Hall–Kier alpha value is -3.08. The van der Waals surface area contributed by atoms with E-state index in [1.54, 1.807) is 0 Å². The number of amides is 1. The van der Waals surface area contributed by atoms with Crippen LogP contribution in [-0.4, -0.2) is 29.8 Å². The minimum absolute atomic E-state index is 0.0190. The summed E-state index contributed by atoms with van der Waals surface area (Å²) in [6.07, 6.45) is 0.672. The number of carbonyl (C=O) groups is 1. The zero-order valence-electron chi connectivity index (χ0n) is 14.6. The van der Waals surface area contributed by atoms with Crippen LogP contribution in [0.2, 0.25) is 0 Å². The molecule has 3 rings (SSSR count). The lowest BCUT2D eigenvalue weighted by atomic mass is 10.1. The van der Waals surface area contributed by atoms with Gasteiger partial charge in [0.2, 0.25) is 5.13 Å². The molecule has 0 aromatic carbocycles. The maximum atomic E-state index is 12.7. The second kappa shape index (κ2) is 6.33. The van der Waals surface area contributed by atoms with Gasteiger partial charge in [-0.2, -0.15) is 0 Å². The van der Waals surface area contributed by atoms with Crippen molar-refractivity contribution in [2.24, 2.45) is 21.1 Å².